The van der Waals surface area contributed by atoms with E-state index in [-0.39, 0.29) is 11.9 Å². The van der Waals surface area contributed by atoms with Crippen molar-refractivity contribution < 1.29 is 14.6 Å². The van der Waals surface area contributed by atoms with Crippen molar-refractivity contribution in [1.82, 2.24) is 0 Å². The third kappa shape index (κ3) is 3.26. The Balaban J connectivity index is 1.30. The zero-order valence-corrected chi connectivity index (χ0v) is 25.5. The molecule has 0 unspecified atom stereocenters. The molecule has 1 saturated heterocycles. The molecule has 4 heteroatoms. The minimum absolute atomic E-state index is 0.292. The highest BCUT2D eigenvalue weighted by atomic mass is 28.3. The molecule has 5 saturated carbocycles. The van der Waals surface area contributed by atoms with Crippen LogP contribution in [-0.2, 0) is 9.47 Å². The first-order valence-electron chi connectivity index (χ1n) is 15.5. The van der Waals surface area contributed by atoms with Gasteiger partial charge in [-0.2, -0.15) is 0 Å². The predicted molar refractivity (Wildman–Crippen MR) is 149 cm³/mol. The molecule has 0 amide bonds. The van der Waals surface area contributed by atoms with Crippen LogP contribution in [0.1, 0.15) is 86.0 Å². The Morgan fingerprint density at radius 3 is 2.22 bits per heavy atom. The number of rotatable bonds is 5. The van der Waals surface area contributed by atoms with Crippen molar-refractivity contribution >= 4 is 8.07 Å². The maximum atomic E-state index is 11.9. The van der Waals surface area contributed by atoms with Gasteiger partial charge in [-0.05, 0) is 97.2 Å². The molecule has 204 valence electrons. The van der Waals surface area contributed by atoms with Crippen molar-refractivity contribution in [2.75, 3.05) is 13.2 Å². The Morgan fingerprint density at radius 1 is 0.917 bits per heavy atom. The summed E-state index contributed by atoms with van der Waals surface area (Å²) >= 11 is 0. The number of allylic oxidation sites excluding steroid dienone is 1. The Hall–Kier alpha value is -0.163. The fourth-order valence-electron chi connectivity index (χ4n) is 11.7. The fraction of sp³-hybridized carbons (Fsp3) is 0.938. The second-order valence-electron chi connectivity index (χ2n) is 16.0. The Kier molecular flexibility index (Phi) is 5.92. The summed E-state index contributed by atoms with van der Waals surface area (Å²) in [5.74, 6) is 4.26. The van der Waals surface area contributed by atoms with Crippen LogP contribution in [0, 0.1) is 57.7 Å². The first-order chi connectivity index (χ1) is 16.8. The highest BCUT2D eigenvalue weighted by Gasteiger charge is 2.83. The van der Waals surface area contributed by atoms with Crippen LogP contribution >= 0.6 is 0 Å². The lowest BCUT2D eigenvalue weighted by Crippen LogP contribution is -2.62. The lowest BCUT2D eigenvalue weighted by atomic mass is 9.44. The SMILES string of the molecule is CC(C)/C=C(\[C@H](O)[C@@H](C)[C@H]1CC[C@H]2[C@@H]3CC4(OCCO4)[C@]45C[C@H]4CC[C@]5(C)[C@H]3CC[C@]12C)[Si](C)(C)C. The van der Waals surface area contributed by atoms with Gasteiger partial charge in [0.1, 0.15) is 0 Å². The minimum atomic E-state index is -1.59. The third-order valence-corrected chi connectivity index (χ3v) is 15.4. The summed E-state index contributed by atoms with van der Waals surface area (Å²) in [5.41, 5.74) is 1.02. The molecule has 0 aromatic rings. The van der Waals surface area contributed by atoms with Crippen LogP contribution < -0.4 is 0 Å². The van der Waals surface area contributed by atoms with E-state index in [2.05, 4.69) is 60.3 Å². The number of fused-ring (bicyclic) bond motifs is 4. The zero-order chi connectivity index (χ0) is 25.9. The third-order valence-electron chi connectivity index (χ3n) is 13.2. The fourth-order valence-corrected chi connectivity index (χ4v) is 13.7. The molecule has 2 spiro atoms. The molecule has 1 aliphatic heterocycles. The molecule has 0 aromatic carbocycles. The number of aliphatic hydroxyl groups excluding tert-OH is 1. The number of aliphatic hydroxyl groups is 1. The Bertz CT molecular complexity index is 915. The second-order valence-corrected chi connectivity index (χ2v) is 21.1. The van der Waals surface area contributed by atoms with Crippen molar-refractivity contribution in [3.63, 3.8) is 0 Å². The van der Waals surface area contributed by atoms with Crippen molar-refractivity contribution in [2.45, 2.75) is 118 Å². The summed E-state index contributed by atoms with van der Waals surface area (Å²) in [5, 5.41) is 13.2. The van der Waals surface area contributed by atoms with Gasteiger partial charge in [0.25, 0.3) is 0 Å². The van der Waals surface area contributed by atoms with Crippen LogP contribution in [0.5, 0.6) is 0 Å². The van der Waals surface area contributed by atoms with Crippen molar-refractivity contribution in [3.8, 4) is 0 Å². The van der Waals surface area contributed by atoms with Crippen LogP contribution in [0.4, 0.5) is 0 Å². The number of hydrogen-bond acceptors (Lipinski definition) is 3. The van der Waals surface area contributed by atoms with E-state index < -0.39 is 8.07 Å². The van der Waals surface area contributed by atoms with Gasteiger partial charge in [0, 0.05) is 11.8 Å². The lowest BCUT2D eigenvalue weighted by Gasteiger charge is -2.63. The summed E-state index contributed by atoms with van der Waals surface area (Å²) in [6.07, 6.45) is 12.7. The van der Waals surface area contributed by atoms with Crippen LogP contribution in [0.3, 0.4) is 0 Å². The summed E-state index contributed by atoms with van der Waals surface area (Å²) in [6, 6.07) is 0. The van der Waals surface area contributed by atoms with Crippen LogP contribution in [0.2, 0.25) is 19.6 Å². The standard InChI is InChI=1S/C32H54O3Si/c1-20(2)17-27(36(6,7)8)28(33)21(3)24-9-10-25-23-19-32(34-15-16-35-32)31-18-22(31)11-14-30(31,5)26(23)12-13-29(24,25)4/h17,20-26,28,33H,9-16,18-19H2,1-8H3/b27-17+/t21-,22+,23-,24+,25-,26-,28+,29+,30+,31+/m0/s1. The molecule has 0 aromatic heterocycles. The van der Waals surface area contributed by atoms with Gasteiger partial charge < -0.3 is 14.6 Å². The minimum Gasteiger partial charge on any atom is -0.389 e. The first-order valence-corrected chi connectivity index (χ1v) is 19.0. The summed E-state index contributed by atoms with van der Waals surface area (Å²) < 4.78 is 13.4. The van der Waals surface area contributed by atoms with Crippen molar-refractivity contribution in [1.29, 1.82) is 0 Å². The summed E-state index contributed by atoms with van der Waals surface area (Å²) in [7, 11) is -1.59. The zero-order valence-electron chi connectivity index (χ0n) is 24.5. The Labute approximate surface area is 222 Å². The molecule has 6 rings (SSSR count). The van der Waals surface area contributed by atoms with E-state index in [9.17, 15) is 5.11 Å². The molecule has 5 aliphatic carbocycles. The van der Waals surface area contributed by atoms with Gasteiger partial charge in [-0.1, -0.05) is 65.5 Å². The quantitative estimate of drug-likeness (QED) is 0.387. The molecular weight excluding hydrogens is 460 g/mol. The molecule has 1 N–H and O–H groups in total. The van der Waals surface area contributed by atoms with E-state index in [1.807, 2.05) is 0 Å². The van der Waals surface area contributed by atoms with Crippen LogP contribution in [0.15, 0.2) is 11.3 Å². The molecule has 0 bridgehead atoms. The average molecular weight is 515 g/mol. The average Bonchev–Trinajstić information content (AvgIpc) is 3.05. The summed E-state index contributed by atoms with van der Waals surface area (Å²) in [6.45, 7) is 21.0. The van der Waals surface area contributed by atoms with Gasteiger partial charge in [-0.3, -0.25) is 0 Å². The lowest BCUT2D eigenvalue weighted by molar-refractivity contribution is -0.294. The monoisotopic (exact) mass is 514 g/mol. The highest BCUT2D eigenvalue weighted by Crippen LogP contribution is 2.85. The van der Waals surface area contributed by atoms with Gasteiger partial charge in [0.15, 0.2) is 5.79 Å². The van der Waals surface area contributed by atoms with Crippen LogP contribution in [0.25, 0.3) is 0 Å². The molecule has 3 nitrogen and oxygen atoms in total. The van der Waals surface area contributed by atoms with Crippen molar-refractivity contribution in [3.05, 3.63) is 11.3 Å². The van der Waals surface area contributed by atoms with Gasteiger partial charge in [-0.25, -0.2) is 0 Å². The van der Waals surface area contributed by atoms with E-state index in [0.29, 0.717) is 39.9 Å². The molecule has 0 radical (unpaired) electrons. The topological polar surface area (TPSA) is 38.7 Å². The predicted octanol–water partition coefficient (Wildman–Crippen LogP) is 7.46. The van der Waals surface area contributed by atoms with E-state index in [0.717, 1.165) is 37.4 Å². The maximum absolute atomic E-state index is 11.9. The summed E-state index contributed by atoms with van der Waals surface area (Å²) in [4.78, 5) is 0. The van der Waals surface area contributed by atoms with Gasteiger partial charge in [0.05, 0.1) is 27.4 Å². The Morgan fingerprint density at radius 2 is 1.61 bits per heavy atom. The molecule has 10 atom stereocenters. The van der Waals surface area contributed by atoms with E-state index in [4.69, 9.17) is 9.47 Å². The number of ether oxygens (including phenoxy) is 2. The molecule has 6 aliphatic rings. The molecule has 36 heavy (non-hydrogen) atoms. The maximum Gasteiger partial charge on any atom is 0.175 e. The van der Waals surface area contributed by atoms with Crippen molar-refractivity contribution in [2.24, 2.45) is 57.7 Å². The van der Waals surface area contributed by atoms with E-state index in [1.54, 1.807) is 0 Å². The normalized spacial score (nSPS) is 48.9. The van der Waals surface area contributed by atoms with E-state index in [1.165, 1.54) is 50.1 Å². The molecule has 1 heterocycles. The number of hydrogen-bond donors (Lipinski definition) is 1. The molecular formula is C32H54O3Si. The first kappa shape index (κ1) is 26.1. The largest absolute Gasteiger partial charge is 0.389 e. The van der Waals surface area contributed by atoms with Gasteiger partial charge in [-0.15, -0.1) is 0 Å². The smallest absolute Gasteiger partial charge is 0.175 e. The van der Waals surface area contributed by atoms with E-state index >= 15 is 0 Å². The molecule has 6 fully saturated rings. The van der Waals surface area contributed by atoms with Crippen LogP contribution in [-0.4, -0.2) is 38.3 Å². The highest BCUT2D eigenvalue weighted by molar-refractivity contribution is 6.83. The van der Waals surface area contributed by atoms with Gasteiger partial charge in [0.2, 0.25) is 0 Å². The van der Waals surface area contributed by atoms with Gasteiger partial charge >= 0.3 is 0 Å². The second kappa shape index (κ2) is 8.18.